The van der Waals surface area contributed by atoms with Gasteiger partial charge in [0.1, 0.15) is 17.7 Å². The average molecular weight is 380 g/mol. The molecule has 0 radical (unpaired) electrons. The van der Waals surface area contributed by atoms with Gasteiger partial charge in [0.05, 0.1) is 0 Å². The molecule has 1 aliphatic rings. The fraction of sp³-hybridized carbons (Fsp3) is 0.500. The molecule has 1 N–H and O–H groups in total. The highest BCUT2D eigenvalue weighted by molar-refractivity contribution is 7.87. The molecule has 0 aliphatic heterocycles. The van der Waals surface area contributed by atoms with Crippen molar-refractivity contribution in [1.82, 2.24) is 18.6 Å². The van der Waals surface area contributed by atoms with Crippen LogP contribution in [0.4, 0.5) is 4.39 Å². The molecule has 8 heteroatoms. The molecule has 0 saturated heterocycles. The quantitative estimate of drug-likeness (QED) is 0.838. The van der Waals surface area contributed by atoms with E-state index < -0.39 is 16.3 Å². The Morgan fingerprint density at radius 2 is 1.88 bits per heavy atom. The molecule has 1 aromatic heterocycles. The van der Waals surface area contributed by atoms with Gasteiger partial charge in [-0.3, -0.25) is 0 Å². The van der Waals surface area contributed by atoms with Crippen molar-refractivity contribution in [3.63, 3.8) is 0 Å². The van der Waals surface area contributed by atoms with E-state index in [0.717, 1.165) is 32.1 Å². The number of halogens is 1. The van der Waals surface area contributed by atoms with E-state index in [0.29, 0.717) is 11.4 Å². The SMILES string of the molecule is CN(C1CCCCC1)S(=O)(=O)NC(c1ccc(F)cc1)c1nccn1C. The Morgan fingerprint density at radius 1 is 1.23 bits per heavy atom. The van der Waals surface area contributed by atoms with Crippen molar-refractivity contribution in [3.8, 4) is 0 Å². The minimum absolute atomic E-state index is 0.0106. The van der Waals surface area contributed by atoms with Crippen molar-refractivity contribution in [2.45, 2.75) is 44.2 Å². The van der Waals surface area contributed by atoms with Gasteiger partial charge in [-0.1, -0.05) is 31.4 Å². The molecule has 1 atom stereocenters. The zero-order valence-corrected chi connectivity index (χ0v) is 15.9. The molecule has 1 heterocycles. The first-order valence-corrected chi connectivity index (χ1v) is 10.3. The Labute approximate surface area is 154 Å². The predicted octanol–water partition coefficient (Wildman–Crippen LogP) is 2.75. The van der Waals surface area contributed by atoms with Gasteiger partial charge in [-0.15, -0.1) is 0 Å². The lowest BCUT2D eigenvalue weighted by molar-refractivity contribution is 0.282. The van der Waals surface area contributed by atoms with E-state index in [1.165, 1.54) is 16.4 Å². The number of aromatic nitrogens is 2. The van der Waals surface area contributed by atoms with Crippen LogP contribution in [0.2, 0.25) is 0 Å². The summed E-state index contributed by atoms with van der Waals surface area (Å²) in [4.78, 5) is 4.29. The van der Waals surface area contributed by atoms with Crippen LogP contribution in [0.25, 0.3) is 0 Å². The summed E-state index contributed by atoms with van der Waals surface area (Å²) in [5, 5.41) is 0. The zero-order valence-electron chi connectivity index (χ0n) is 15.1. The molecule has 1 aromatic carbocycles. The maximum absolute atomic E-state index is 13.3. The van der Waals surface area contributed by atoms with Gasteiger partial charge in [0.2, 0.25) is 0 Å². The monoisotopic (exact) mass is 380 g/mol. The van der Waals surface area contributed by atoms with Crippen molar-refractivity contribution in [1.29, 1.82) is 0 Å². The second-order valence-electron chi connectivity index (χ2n) is 6.81. The van der Waals surface area contributed by atoms with Crippen LogP contribution in [0.3, 0.4) is 0 Å². The summed E-state index contributed by atoms with van der Waals surface area (Å²) in [5.41, 5.74) is 0.640. The molecular weight excluding hydrogens is 355 g/mol. The normalized spacial score (nSPS) is 17.5. The number of nitrogens with zero attached hydrogens (tertiary/aromatic N) is 3. The first-order valence-electron chi connectivity index (χ1n) is 8.86. The Morgan fingerprint density at radius 3 is 2.46 bits per heavy atom. The van der Waals surface area contributed by atoms with Gasteiger partial charge in [0, 0.05) is 32.5 Å². The van der Waals surface area contributed by atoms with Gasteiger partial charge in [0.25, 0.3) is 10.2 Å². The number of hydrogen-bond acceptors (Lipinski definition) is 3. The van der Waals surface area contributed by atoms with E-state index in [9.17, 15) is 12.8 Å². The first kappa shape index (κ1) is 19.0. The molecule has 0 amide bonds. The van der Waals surface area contributed by atoms with Gasteiger partial charge >= 0.3 is 0 Å². The maximum atomic E-state index is 13.3. The second-order valence-corrected chi connectivity index (χ2v) is 8.57. The number of rotatable bonds is 6. The molecule has 142 valence electrons. The lowest BCUT2D eigenvalue weighted by Gasteiger charge is -2.31. The Kier molecular flexibility index (Phi) is 5.74. The summed E-state index contributed by atoms with van der Waals surface area (Å²) in [6, 6.07) is 5.13. The Hall–Kier alpha value is -1.77. The molecule has 3 rings (SSSR count). The summed E-state index contributed by atoms with van der Waals surface area (Å²) >= 11 is 0. The van der Waals surface area contributed by atoms with E-state index in [4.69, 9.17) is 0 Å². The molecule has 26 heavy (non-hydrogen) atoms. The summed E-state index contributed by atoms with van der Waals surface area (Å²) < 4.78 is 45.3. The lowest BCUT2D eigenvalue weighted by atomic mass is 9.96. The molecule has 6 nitrogen and oxygen atoms in total. The molecule has 1 aliphatic carbocycles. The molecule has 1 saturated carbocycles. The third-order valence-electron chi connectivity index (χ3n) is 5.05. The molecular formula is C18H25FN4O2S. The van der Waals surface area contributed by atoms with Gasteiger partial charge in [-0.2, -0.15) is 17.4 Å². The number of hydrogen-bond donors (Lipinski definition) is 1. The van der Waals surface area contributed by atoms with Gasteiger partial charge in [-0.25, -0.2) is 9.37 Å². The summed E-state index contributed by atoms with van der Waals surface area (Å²) in [6.07, 6.45) is 8.37. The van der Waals surface area contributed by atoms with Gasteiger partial charge in [-0.05, 0) is 30.5 Å². The van der Waals surface area contributed by atoms with Crippen molar-refractivity contribution in [3.05, 3.63) is 53.9 Å². The van der Waals surface area contributed by atoms with Crippen LogP contribution >= 0.6 is 0 Å². The number of aryl methyl sites for hydroxylation is 1. The third-order valence-corrected chi connectivity index (χ3v) is 6.64. The molecule has 1 fully saturated rings. The van der Waals surface area contributed by atoms with Crippen LogP contribution in [0.5, 0.6) is 0 Å². The van der Waals surface area contributed by atoms with Crippen LogP contribution in [0.1, 0.15) is 49.5 Å². The van der Waals surface area contributed by atoms with Crippen molar-refractivity contribution in [2.24, 2.45) is 7.05 Å². The van der Waals surface area contributed by atoms with E-state index in [1.807, 2.05) is 0 Å². The number of benzene rings is 1. The molecule has 0 bridgehead atoms. The zero-order chi connectivity index (χ0) is 18.7. The Bertz CT molecular complexity index is 829. The highest BCUT2D eigenvalue weighted by Crippen LogP contribution is 2.26. The average Bonchev–Trinajstić information content (AvgIpc) is 3.06. The summed E-state index contributed by atoms with van der Waals surface area (Å²) in [7, 11) is -0.297. The molecule has 1 unspecified atom stereocenters. The Balaban J connectivity index is 1.89. The highest BCUT2D eigenvalue weighted by atomic mass is 32.2. The van der Waals surface area contributed by atoms with E-state index in [-0.39, 0.29) is 11.9 Å². The fourth-order valence-electron chi connectivity index (χ4n) is 3.45. The molecule has 2 aromatic rings. The topological polar surface area (TPSA) is 67.2 Å². The van der Waals surface area contributed by atoms with Crippen LogP contribution in [-0.2, 0) is 17.3 Å². The smallest absolute Gasteiger partial charge is 0.280 e. The second kappa shape index (κ2) is 7.85. The van der Waals surface area contributed by atoms with Crippen LogP contribution in [-0.4, -0.2) is 35.4 Å². The maximum Gasteiger partial charge on any atom is 0.280 e. The number of nitrogens with one attached hydrogen (secondary N) is 1. The van der Waals surface area contributed by atoms with Gasteiger partial charge in [0.15, 0.2) is 0 Å². The first-order chi connectivity index (χ1) is 12.4. The largest absolute Gasteiger partial charge is 0.336 e. The molecule has 0 spiro atoms. The van der Waals surface area contributed by atoms with Crippen molar-refractivity contribution < 1.29 is 12.8 Å². The third kappa shape index (κ3) is 4.13. The fourth-order valence-corrected chi connectivity index (χ4v) is 4.76. The van der Waals surface area contributed by atoms with Crippen molar-refractivity contribution >= 4 is 10.2 Å². The predicted molar refractivity (Wildman–Crippen MR) is 98.1 cm³/mol. The summed E-state index contributed by atoms with van der Waals surface area (Å²) in [6.45, 7) is 0. The number of imidazole rings is 1. The summed E-state index contributed by atoms with van der Waals surface area (Å²) in [5.74, 6) is 0.187. The van der Waals surface area contributed by atoms with E-state index in [1.54, 1.807) is 43.2 Å². The standard InChI is InChI=1S/C18H25FN4O2S/c1-22-13-12-20-18(22)17(14-8-10-15(19)11-9-14)21-26(24,25)23(2)16-6-4-3-5-7-16/h8-13,16-17,21H,3-7H2,1-2H3. The van der Waals surface area contributed by atoms with Crippen LogP contribution in [0.15, 0.2) is 36.7 Å². The minimum atomic E-state index is -3.72. The van der Waals surface area contributed by atoms with E-state index in [2.05, 4.69) is 9.71 Å². The van der Waals surface area contributed by atoms with Crippen LogP contribution in [0, 0.1) is 5.82 Å². The lowest BCUT2D eigenvalue weighted by Crippen LogP contribution is -2.46. The minimum Gasteiger partial charge on any atom is -0.336 e. The van der Waals surface area contributed by atoms with E-state index >= 15 is 0 Å². The van der Waals surface area contributed by atoms with Crippen molar-refractivity contribution in [2.75, 3.05) is 7.05 Å². The highest BCUT2D eigenvalue weighted by Gasteiger charge is 2.31. The van der Waals surface area contributed by atoms with Gasteiger partial charge < -0.3 is 4.57 Å². The van der Waals surface area contributed by atoms with Crippen LogP contribution < -0.4 is 4.72 Å².